The zero-order valence-electron chi connectivity index (χ0n) is 20.3. The van der Waals surface area contributed by atoms with Crippen LogP contribution in [0.3, 0.4) is 0 Å². The van der Waals surface area contributed by atoms with Crippen LogP contribution in [0, 0.1) is 5.92 Å². The number of anilines is 2. The number of benzene rings is 3. The monoisotopic (exact) mass is 552 g/mol. The summed E-state index contributed by atoms with van der Waals surface area (Å²) in [7, 11) is -3.87. The molecule has 1 fully saturated rings. The Hall–Kier alpha value is -3.69. The molecule has 38 heavy (non-hydrogen) atoms. The molecule has 0 atom stereocenters. The summed E-state index contributed by atoms with van der Waals surface area (Å²) in [4.78, 5) is 37.5. The van der Waals surface area contributed by atoms with Crippen molar-refractivity contribution in [3.63, 3.8) is 0 Å². The van der Waals surface area contributed by atoms with E-state index in [4.69, 9.17) is 11.6 Å². The van der Waals surface area contributed by atoms with E-state index in [9.17, 15) is 27.9 Å². The van der Waals surface area contributed by atoms with Crippen LogP contribution in [0.15, 0.2) is 65.6 Å². The van der Waals surface area contributed by atoms with Crippen molar-refractivity contribution in [2.45, 2.75) is 37.0 Å². The van der Waals surface area contributed by atoms with Crippen molar-refractivity contribution in [2.75, 3.05) is 16.2 Å². The summed E-state index contributed by atoms with van der Waals surface area (Å²) in [6.45, 7) is 0.289. The van der Waals surface area contributed by atoms with Crippen LogP contribution in [0.2, 0.25) is 5.02 Å². The van der Waals surface area contributed by atoms with E-state index in [1.165, 1.54) is 46.8 Å². The van der Waals surface area contributed by atoms with E-state index in [1.54, 1.807) is 12.1 Å². The largest absolute Gasteiger partial charge is 0.478 e. The normalized spacial score (nSPS) is 15.3. The van der Waals surface area contributed by atoms with Crippen LogP contribution in [0.1, 0.15) is 62.3 Å². The third-order valence-corrected chi connectivity index (χ3v) is 9.18. The Morgan fingerprint density at radius 3 is 2.29 bits per heavy atom. The molecule has 0 aromatic heterocycles. The van der Waals surface area contributed by atoms with Gasteiger partial charge in [-0.1, -0.05) is 30.5 Å². The van der Waals surface area contributed by atoms with Gasteiger partial charge in [-0.05, 0) is 79.4 Å². The van der Waals surface area contributed by atoms with Crippen molar-refractivity contribution in [1.29, 1.82) is 0 Å². The van der Waals surface area contributed by atoms with Crippen molar-refractivity contribution >= 4 is 50.7 Å². The van der Waals surface area contributed by atoms with Gasteiger partial charge in [0.15, 0.2) is 5.78 Å². The van der Waals surface area contributed by atoms with Crippen molar-refractivity contribution in [1.82, 2.24) is 0 Å². The number of Topliss-reactive ketones (excluding diaryl/α,β-unsaturated/α-hetero) is 1. The third-order valence-electron chi connectivity index (χ3n) is 7.11. The lowest BCUT2D eigenvalue weighted by Crippen LogP contribution is -2.29. The van der Waals surface area contributed by atoms with E-state index >= 15 is 0 Å². The Kier molecular flexibility index (Phi) is 6.98. The second-order valence-corrected chi connectivity index (χ2v) is 11.8. The molecule has 2 aliphatic rings. The number of rotatable bonds is 7. The number of nitrogens with one attached hydrogen (secondary N) is 1. The van der Waals surface area contributed by atoms with E-state index in [1.807, 2.05) is 6.07 Å². The molecule has 1 aliphatic carbocycles. The predicted octanol–water partition coefficient (Wildman–Crippen LogP) is 5.41. The molecule has 5 rings (SSSR count). The first-order chi connectivity index (χ1) is 18.1. The summed E-state index contributed by atoms with van der Waals surface area (Å²) in [6, 6.07) is 14.8. The van der Waals surface area contributed by atoms with Crippen molar-refractivity contribution in [2.24, 2.45) is 5.92 Å². The maximum Gasteiger partial charge on any atom is 0.337 e. The molecule has 3 aromatic carbocycles. The van der Waals surface area contributed by atoms with Crippen LogP contribution in [-0.4, -0.2) is 37.7 Å². The first-order valence-corrected chi connectivity index (χ1v) is 14.1. The highest BCUT2D eigenvalue weighted by atomic mass is 35.5. The highest BCUT2D eigenvalue weighted by Gasteiger charge is 2.31. The molecule has 0 saturated heterocycles. The first kappa shape index (κ1) is 25.9. The summed E-state index contributed by atoms with van der Waals surface area (Å²) >= 11 is 6.07. The number of nitrogens with zero attached hydrogens (tertiary/aromatic N) is 1. The molecule has 3 aromatic rings. The van der Waals surface area contributed by atoms with E-state index < -0.39 is 21.9 Å². The predicted molar refractivity (Wildman–Crippen MR) is 144 cm³/mol. The fraction of sp³-hybridized carbons (Fsp3) is 0.250. The SMILES string of the molecule is O=C(Nc1ccc(C(=O)C2CCCC2)cc1C(=O)O)c1ccc(S(=O)(=O)N2CCc3ccc(Cl)cc32)cc1. The van der Waals surface area contributed by atoms with Crippen LogP contribution in [0.25, 0.3) is 0 Å². The molecule has 0 unspecified atom stereocenters. The quantitative estimate of drug-likeness (QED) is 0.378. The number of carbonyl (C=O) groups is 3. The molecule has 8 nitrogen and oxygen atoms in total. The van der Waals surface area contributed by atoms with Gasteiger partial charge in [-0.3, -0.25) is 13.9 Å². The summed E-state index contributed by atoms with van der Waals surface area (Å²) in [5.74, 6) is -2.06. The second-order valence-electron chi connectivity index (χ2n) is 9.49. The lowest BCUT2D eigenvalue weighted by Gasteiger charge is -2.20. The fourth-order valence-corrected chi connectivity index (χ4v) is 6.74. The smallest absolute Gasteiger partial charge is 0.337 e. The van der Waals surface area contributed by atoms with Crippen molar-refractivity contribution in [3.05, 3.63) is 87.9 Å². The molecule has 1 saturated carbocycles. The Morgan fingerprint density at radius 2 is 1.61 bits per heavy atom. The highest BCUT2D eigenvalue weighted by Crippen LogP contribution is 2.35. The van der Waals surface area contributed by atoms with E-state index in [2.05, 4.69) is 5.32 Å². The number of carboxylic acid groups (broad SMARTS) is 1. The van der Waals surface area contributed by atoms with Crippen molar-refractivity contribution in [3.8, 4) is 0 Å². The Bertz CT molecular complexity index is 1550. The topological polar surface area (TPSA) is 121 Å². The third kappa shape index (κ3) is 4.91. The van der Waals surface area contributed by atoms with Crippen molar-refractivity contribution < 1.29 is 27.9 Å². The lowest BCUT2D eigenvalue weighted by atomic mass is 9.94. The molecule has 0 spiro atoms. The molecule has 1 heterocycles. The van der Waals surface area contributed by atoms with Crippen LogP contribution >= 0.6 is 11.6 Å². The second kappa shape index (κ2) is 10.2. The highest BCUT2D eigenvalue weighted by molar-refractivity contribution is 7.92. The average Bonchev–Trinajstić information content (AvgIpc) is 3.59. The molecular weight excluding hydrogens is 528 g/mol. The number of aromatic carboxylic acids is 1. The Morgan fingerprint density at radius 1 is 0.921 bits per heavy atom. The molecule has 0 radical (unpaired) electrons. The molecule has 1 amide bonds. The lowest BCUT2D eigenvalue weighted by molar-refractivity contribution is 0.0698. The first-order valence-electron chi connectivity index (χ1n) is 12.3. The van der Waals surface area contributed by atoms with Gasteiger partial charge in [0, 0.05) is 28.6 Å². The van der Waals surface area contributed by atoms with Crippen LogP contribution in [0.5, 0.6) is 0 Å². The molecular formula is C28H25ClN2O6S. The number of sulfonamides is 1. The standard InChI is InChI=1S/C28H25ClN2O6S/c29-21-9-5-17-13-14-31(25(17)16-21)38(36,37)22-10-6-19(7-11-22)27(33)30-24-12-8-20(15-23(24)28(34)35)26(32)18-3-1-2-4-18/h5-12,15-16,18H,1-4,13-14H2,(H,30,33)(H,34,35). The van der Waals surface area contributed by atoms with E-state index in [0.29, 0.717) is 22.7 Å². The minimum atomic E-state index is -3.87. The van der Waals surface area contributed by atoms with Gasteiger partial charge in [0.05, 0.1) is 21.8 Å². The van der Waals surface area contributed by atoms with Crippen LogP contribution in [-0.2, 0) is 16.4 Å². The number of fused-ring (bicyclic) bond motifs is 1. The van der Waals surface area contributed by atoms with E-state index in [-0.39, 0.29) is 40.0 Å². The zero-order valence-corrected chi connectivity index (χ0v) is 21.9. The van der Waals surface area contributed by atoms with Gasteiger partial charge in [0.1, 0.15) is 0 Å². The number of ketones is 1. The number of halogens is 1. The average molecular weight is 553 g/mol. The zero-order chi connectivity index (χ0) is 27.0. The van der Waals surface area contributed by atoms with Crippen LogP contribution < -0.4 is 9.62 Å². The van der Waals surface area contributed by atoms with Gasteiger partial charge in [-0.25, -0.2) is 13.2 Å². The molecule has 10 heteroatoms. The number of amides is 1. The minimum absolute atomic E-state index is 0.0166. The maximum atomic E-state index is 13.3. The van der Waals surface area contributed by atoms with Gasteiger partial charge in [-0.2, -0.15) is 0 Å². The minimum Gasteiger partial charge on any atom is -0.478 e. The number of carbonyl (C=O) groups excluding carboxylic acids is 2. The van der Waals surface area contributed by atoms with Gasteiger partial charge < -0.3 is 10.4 Å². The fourth-order valence-electron chi connectivity index (χ4n) is 5.08. The summed E-state index contributed by atoms with van der Waals surface area (Å²) < 4.78 is 27.8. The van der Waals surface area contributed by atoms with Gasteiger partial charge in [0.2, 0.25) is 0 Å². The van der Waals surface area contributed by atoms with E-state index in [0.717, 1.165) is 31.2 Å². The summed E-state index contributed by atoms with van der Waals surface area (Å²) in [5, 5.41) is 12.7. The van der Waals surface area contributed by atoms with Crippen LogP contribution in [0.4, 0.5) is 11.4 Å². The molecule has 1 aliphatic heterocycles. The Labute approximate surface area is 225 Å². The summed E-state index contributed by atoms with van der Waals surface area (Å²) in [6.07, 6.45) is 4.13. The number of hydrogen-bond donors (Lipinski definition) is 2. The van der Waals surface area contributed by atoms with Gasteiger partial charge in [0.25, 0.3) is 15.9 Å². The molecule has 0 bridgehead atoms. The number of carboxylic acids is 1. The van der Waals surface area contributed by atoms with Gasteiger partial charge >= 0.3 is 5.97 Å². The van der Waals surface area contributed by atoms with Gasteiger partial charge in [-0.15, -0.1) is 0 Å². The Balaban J connectivity index is 1.34. The molecule has 196 valence electrons. The summed E-state index contributed by atoms with van der Waals surface area (Å²) in [5.41, 5.74) is 1.75. The number of hydrogen-bond acceptors (Lipinski definition) is 5. The molecule has 2 N–H and O–H groups in total. The maximum absolute atomic E-state index is 13.3.